The molecule has 0 atom stereocenters. The first-order chi connectivity index (χ1) is 7.31. The van der Waals surface area contributed by atoms with E-state index in [1.807, 2.05) is 12.9 Å². The van der Waals surface area contributed by atoms with Crippen molar-refractivity contribution in [2.24, 2.45) is 0 Å². The molecule has 0 rings (SSSR count). The van der Waals surface area contributed by atoms with Gasteiger partial charge in [0.25, 0.3) is 0 Å². The highest BCUT2D eigenvalue weighted by Crippen LogP contribution is 2.11. The van der Waals surface area contributed by atoms with Crippen LogP contribution in [0.5, 0.6) is 0 Å². The van der Waals surface area contributed by atoms with Gasteiger partial charge in [0.05, 0.1) is 0 Å². The molecule has 0 spiro atoms. The van der Waals surface area contributed by atoms with Crippen molar-refractivity contribution >= 4 is 5.94 Å². The number of rotatable bonds is 10. The molecule has 1 nitrogen and oxygen atoms in total. The van der Waals surface area contributed by atoms with Crippen LogP contribution >= 0.6 is 0 Å². The van der Waals surface area contributed by atoms with E-state index < -0.39 is 0 Å². The van der Waals surface area contributed by atoms with Gasteiger partial charge in [-0.2, -0.15) is 0 Å². The minimum atomic E-state index is 0.873. The second kappa shape index (κ2) is 11.5. The quantitative estimate of drug-likeness (QED) is 0.378. The zero-order chi connectivity index (χ0) is 11.4. The van der Waals surface area contributed by atoms with Gasteiger partial charge in [0.1, 0.15) is 5.94 Å². The zero-order valence-corrected chi connectivity index (χ0v) is 10.5. The first-order valence-corrected chi connectivity index (χ1v) is 6.51. The number of unbranched alkanes of at least 4 members (excludes halogenated alkanes) is 8. The van der Waals surface area contributed by atoms with Gasteiger partial charge in [0.2, 0.25) is 0 Å². The summed E-state index contributed by atoms with van der Waals surface area (Å²) in [4.78, 5) is 10.2. The lowest BCUT2D eigenvalue weighted by Gasteiger charge is -2.01. The van der Waals surface area contributed by atoms with Crippen molar-refractivity contribution in [1.82, 2.24) is 0 Å². The Kier molecular flexibility index (Phi) is 11.1. The van der Waals surface area contributed by atoms with E-state index >= 15 is 0 Å². The van der Waals surface area contributed by atoms with Crippen LogP contribution in [0.25, 0.3) is 0 Å². The van der Waals surface area contributed by atoms with Gasteiger partial charge in [0.15, 0.2) is 0 Å². The summed E-state index contributed by atoms with van der Waals surface area (Å²) in [6.45, 7) is 4.13. The topological polar surface area (TPSA) is 17.1 Å². The molecule has 88 valence electrons. The molecule has 0 aromatic carbocycles. The van der Waals surface area contributed by atoms with Crippen LogP contribution in [-0.2, 0) is 4.79 Å². The lowest BCUT2D eigenvalue weighted by atomic mass is 10.1. The second-order valence-electron chi connectivity index (χ2n) is 4.46. The van der Waals surface area contributed by atoms with E-state index in [1.165, 1.54) is 51.4 Å². The van der Waals surface area contributed by atoms with Crippen molar-refractivity contribution in [3.8, 4) is 0 Å². The summed E-state index contributed by atoms with van der Waals surface area (Å²) in [6.07, 6.45) is 13.0. The molecular weight excluding hydrogens is 184 g/mol. The minimum Gasteiger partial charge on any atom is -0.234 e. The number of hydrogen-bond acceptors (Lipinski definition) is 1. The third kappa shape index (κ3) is 11.4. The van der Waals surface area contributed by atoms with Crippen molar-refractivity contribution in [3.05, 3.63) is 5.57 Å². The molecule has 0 amide bonds. The minimum absolute atomic E-state index is 0.873. The van der Waals surface area contributed by atoms with Gasteiger partial charge in [-0.1, -0.05) is 58.3 Å². The molecule has 0 heterocycles. The molecule has 0 radical (unpaired) electrons. The lowest BCUT2D eigenvalue weighted by Crippen LogP contribution is -1.83. The van der Waals surface area contributed by atoms with Crippen molar-refractivity contribution in [1.29, 1.82) is 0 Å². The molecule has 0 aromatic rings. The van der Waals surface area contributed by atoms with Gasteiger partial charge >= 0.3 is 0 Å². The predicted octanol–water partition coefficient (Wildman–Crippen LogP) is 4.69. The molecule has 0 saturated carbocycles. The van der Waals surface area contributed by atoms with Gasteiger partial charge in [-0.05, 0) is 19.8 Å². The summed E-state index contributed by atoms with van der Waals surface area (Å²) in [5, 5.41) is 0. The summed E-state index contributed by atoms with van der Waals surface area (Å²) in [5.41, 5.74) is 0.873. The Bertz CT molecular complexity index is 178. The number of carbonyl (C=O) groups excluding carboxylic acids is 1. The SMILES string of the molecule is CCCCCCCCCCCC(C)=C=O. The lowest BCUT2D eigenvalue weighted by molar-refractivity contribution is 0.557. The van der Waals surface area contributed by atoms with E-state index in [1.54, 1.807) is 0 Å². The highest BCUT2D eigenvalue weighted by molar-refractivity contribution is 5.50. The van der Waals surface area contributed by atoms with E-state index in [-0.39, 0.29) is 0 Å². The summed E-state index contributed by atoms with van der Waals surface area (Å²) >= 11 is 0. The summed E-state index contributed by atoms with van der Waals surface area (Å²) in [7, 11) is 0. The normalized spacial score (nSPS) is 10.0. The first kappa shape index (κ1) is 14.5. The van der Waals surface area contributed by atoms with Gasteiger partial charge < -0.3 is 0 Å². The van der Waals surface area contributed by atoms with Crippen LogP contribution in [0.4, 0.5) is 0 Å². The molecule has 0 bridgehead atoms. The Hall–Kier alpha value is -0.550. The molecule has 1 heteroatoms. The Morgan fingerprint density at radius 2 is 1.33 bits per heavy atom. The van der Waals surface area contributed by atoms with Crippen LogP contribution in [0.15, 0.2) is 5.57 Å². The molecule has 0 saturated heterocycles. The molecule has 0 fully saturated rings. The highest BCUT2D eigenvalue weighted by atomic mass is 16.1. The van der Waals surface area contributed by atoms with E-state index in [4.69, 9.17) is 0 Å². The smallest absolute Gasteiger partial charge is 0.123 e. The van der Waals surface area contributed by atoms with Gasteiger partial charge in [-0.25, -0.2) is 4.79 Å². The van der Waals surface area contributed by atoms with Crippen LogP contribution in [0.2, 0.25) is 0 Å². The van der Waals surface area contributed by atoms with E-state index in [0.717, 1.165) is 18.4 Å². The van der Waals surface area contributed by atoms with Gasteiger partial charge in [-0.15, -0.1) is 0 Å². The third-order valence-corrected chi connectivity index (χ3v) is 2.83. The van der Waals surface area contributed by atoms with E-state index in [0.29, 0.717) is 0 Å². The molecule has 0 unspecified atom stereocenters. The Labute approximate surface area is 95.0 Å². The average Bonchev–Trinajstić information content (AvgIpc) is 2.26. The average molecular weight is 210 g/mol. The number of allylic oxidation sites excluding steroid dienone is 1. The van der Waals surface area contributed by atoms with Crippen LogP contribution in [0.1, 0.15) is 78.1 Å². The van der Waals surface area contributed by atoms with E-state index in [2.05, 4.69) is 6.92 Å². The third-order valence-electron chi connectivity index (χ3n) is 2.83. The molecule has 0 aliphatic rings. The summed E-state index contributed by atoms with van der Waals surface area (Å²) in [6, 6.07) is 0. The molecule has 15 heavy (non-hydrogen) atoms. The maximum atomic E-state index is 10.2. The Balaban J connectivity index is 3.02. The van der Waals surface area contributed by atoms with Crippen LogP contribution in [0.3, 0.4) is 0 Å². The molecule has 0 aliphatic carbocycles. The predicted molar refractivity (Wildman–Crippen MR) is 66.7 cm³/mol. The van der Waals surface area contributed by atoms with Crippen molar-refractivity contribution in [2.45, 2.75) is 78.1 Å². The highest BCUT2D eigenvalue weighted by Gasteiger charge is 1.93. The van der Waals surface area contributed by atoms with Crippen molar-refractivity contribution in [3.63, 3.8) is 0 Å². The standard InChI is InChI=1S/C14H26O/c1-3-4-5-6-7-8-9-10-11-12-14(2)13-15/h3-12H2,1-2H3. The number of hydrogen-bond donors (Lipinski definition) is 0. The maximum absolute atomic E-state index is 10.2. The van der Waals surface area contributed by atoms with E-state index in [9.17, 15) is 4.79 Å². The van der Waals surface area contributed by atoms with Crippen molar-refractivity contribution < 1.29 is 4.79 Å². The van der Waals surface area contributed by atoms with Crippen LogP contribution < -0.4 is 0 Å². The van der Waals surface area contributed by atoms with Gasteiger partial charge in [0, 0.05) is 5.57 Å². The Morgan fingerprint density at radius 1 is 0.867 bits per heavy atom. The fraction of sp³-hybridized carbons (Fsp3) is 0.857. The fourth-order valence-corrected chi connectivity index (χ4v) is 1.75. The largest absolute Gasteiger partial charge is 0.234 e. The molecule has 0 aliphatic heterocycles. The molecule has 0 aromatic heterocycles. The monoisotopic (exact) mass is 210 g/mol. The van der Waals surface area contributed by atoms with Crippen molar-refractivity contribution in [2.75, 3.05) is 0 Å². The molecule has 0 N–H and O–H groups in total. The molecular formula is C14H26O. The summed E-state index contributed by atoms with van der Waals surface area (Å²) in [5.74, 6) is 1.96. The maximum Gasteiger partial charge on any atom is 0.123 e. The van der Waals surface area contributed by atoms with Crippen LogP contribution in [-0.4, -0.2) is 5.94 Å². The van der Waals surface area contributed by atoms with Crippen LogP contribution in [0, 0.1) is 0 Å². The first-order valence-electron chi connectivity index (χ1n) is 6.51. The Morgan fingerprint density at radius 3 is 1.80 bits per heavy atom. The van der Waals surface area contributed by atoms with Gasteiger partial charge in [-0.3, -0.25) is 0 Å². The summed E-state index contributed by atoms with van der Waals surface area (Å²) < 4.78 is 0. The zero-order valence-electron chi connectivity index (χ0n) is 10.5. The second-order valence-corrected chi connectivity index (χ2v) is 4.46. The fourth-order valence-electron chi connectivity index (χ4n) is 1.75.